The summed E-state index contributed by atoms with van der Waals surface area (Å²) in [6, 6.07) is 3.55. The van der Waals surface area contributed by atoms with Crippen molar-refractivity contribution in [1.29, 1.82) is 0 Å². The van der Waals surface area contributed by atoms with Gasteiger partial charge in [0.25, 0.3) is 0 Å². The maximum atomic E-state index is 12.3. The van der Waals surface area contributed by atoms with Crippen molar-refractivity contribution in [3.63, 3.8) is 0 Å². The van der Waals surface area contributed by atoms with E-state index in [1.165, 1.54) is 4.31 Å². The van der Waals surface area contributed by atoms with E-state index < -0.39 is 16.1 Å². The van der Waals surface area contributed by atoms with Crippen LogP contribution in [-0.4, -0.2) is 37.0 Å². The van der Waals surface area contributed by atoms with Gasteiger partial charge in [-0.25, -0.2) is 8.42 Å². The molecule has 0 atom stereocenters. The zero-order chi connectivity index (χ0) is 12.8. The minimum atomic E-state index is -3.57. The van der Waals surface area contributed by atoms with Gasteiger partial charge in [0.2, 0.25) is 10.0 Å². The molecule has 1 heterocycles. The topological polar surface area (TPSA) is 83.6 Å². The van der Waals surface area contributed by atoms with Crippen LogP contribution in [0.5, 0.6) is 0 Å². The zero-order valence-corrected chi connectivity index (χ0v) is 10.7. The maximum Gasteiger partial charge on any atom is 0.245 e. The van der Waals surface area contributed by atoms with Gasteiger partial charge < -0.3 is 10.8 Å². The number of aryl methyl sites for hydroxylation is 2. The molecule has 0 saturated carbocycles. The van der Waals surface area contributed by atoms with Crippen LogP contribution >= 0.6 is 0 Å². The van der Waals surface area contributed by atoms with Gasteiger partial charge in [-0.3, -0.25) is 0 Å². The molecule has 1 aromatic rings. The van der Waals surface area contributed by atoms with E-state index >= 15 is 0 Å². The van der Waals surface area contributed by atoms with Crippen LogP contribution < -0.4 is 5.73 Å². The molecule has 0 unspecified atom stereocenters. The average molecular weight is 256 g/mol. The highest BCUT2D eigenvalue weighted by atomic mass is 32.2. The largest absolute Gasteiger partial charge is 0.397 e. The number of β-amino-alcohol motifs (C(OH)–C–C–N with tert-alkyl or cyclic N) is 1. The van der Waals surface area contributed by atoms with Crippen molar-refractivity contribution in [1.82, 2.24) is 4.31 Å². The lowest BCUT2D eigenvalue weighted by molar-refractivity contribution is 0.0548. The summed E-state index contributed by atoms with van der Waals surface area (Å²) in [5.41, 5.74) is 7.53. The first kappa shape index (κ1) is 12.3. The summed E-state index contributed by atoms with van der Waals surface area (Å²) in [6.45, 7) is 3.79. The number of benzene rings is 1. The van der Waals surface area contributed by atoms with Crippen molar-refractivity contribution in [2.45, 2.75) is 24.8 Å². The Kier molecular flexibility index (Phi) is 2.89. The molecular weight excluding hydrogens is 240 g/mol. The molecule has 17 heavy (non-hydrogen) atoms. The van der Waals surface area contributed by atoms with Crippen molar-refractivity contribution in [2.24, 2.45) is 0 Å². The van der Waals surface area contributed by atoms with E-state index in [2.05, 4.69) is 0 Å². The number of anilines is 1. The number of aliphatic hydroxyl groups excluding tert-OH is 1. The smallest absolute Gasteiger partial charge is 0.245 e. The maximum absolute atomic E-state index is 12.3. The summed E-state index contributed by atoms with van der Waals surface area (Å²) in [5, 5.41) is 9.18. The first-order chi connectivity index (χ1) is 7.84. The molecule has 6 heteroatoms. The predicted octanol–water partition coefficient (Wildman–Crippen LogP) is 0.251. The zero-order valence-electron chi connectivity index (χ0n) is 9.84. The molecule has 1 aromatic carbocycles. The molecule has 0 spiro atoms. The van der Waals surface area contributed by atoms with Gasteiger partial charge in [-0.15, -0.1) is 0 Å². The third-order valence-corrected chi connectivity index (χ3v) is 5.07. The van der Waals surface area contributed by atoms with Crippen LogP contribution in [0.25, 0.3) is 0 Å². The molecule has 0 bridgehead atoms. The summed E-state index contributed by atoms with van der Waals surface area (Å²) in [6.07, 6.45) is -0.559. The van der Waals surface area contributed by atoms with Crippen LogP contribution in [0.3, 0.4) is 0 Å². The van der Waals surface area contributed by atoms with E-state index in [-0.39, 0.29) is 18.0 Å². The highest BCUT2D eigenvalue weighted by Gasteiger charge is 2.37. The second-order valence-electron chi connectivity index (χ2n) is 4.42. The van der Waals surface area contributed by atoms with Crippen LogP contribution in [0.15, 0.2) is 17.0 Å². The van der Waals surface area contributed by atoms with Crippen LogP contribution in [0, 0.1) is 13.8 Å². The Balaban J connectivity index is 2.50. The fourth-order valence-electron chi connectivity index (χ4n) is 1.89. The minimum absolute atomic E-state index is 0.148. The lowest BCUT2D eigenvalue weighted by Crippen LogP contribution is -2.53. The van der Waals surface area contributed by atoms with Crippen molar-refractivity contribution in [3.05, 3.63) is 23.3 Å². The summed E-state index contributed by atoms with van der Waals surface area (Å²) in [5.74, 6) is 0. The Labute approximate surface area is 101 Å². The Morgan fingerprint density at radius 2 is 1.82 bits per heavy atom. The number of nitrogens with two attached hydrogens (primary N) is 1. The summed E-state index contributed by atoms with van der Waals surface area (Å²) in [7, 11) is -3.57. The molecule has 1 saturated heterocycles. The molecule has 1 fully saturated rings. The molecule has 2 rings (SSSR count). The minimum Gasteiger partial charge on any atom is -0.397 e. The highest BCUT2D eigenvalue weighted by molar-refractivity contribution is 7.89. The third kappa shape index (κ3) is 1.92. The lowest BCUT2D eigenvalue weighted by atomic mass is 10.1. The highest BCUT2D eigenvalue weighted by Crippen LogP contribution is 2.30. The molecule has 0 aromatic heterocycles. The predicted molar refractivity (Wildman–Crippen MR) is 65.1 cm³/mol. The monoisotopic (exact) mass is 256 g/mol. The second-order valence-corrected chi connectivity index (χ2v) is 6.29. The Morgan fingerprint density at radius 1 is 1.29 bits per heavy atom. The van der Waals surface area contributed by atoms with E-state index in [0.29, 0.717) is 11.3 Å². The van der Waals surface area contributed by atoms with E-state index in [1.807, 2.05) is 0 Å². The standard InChI is InChI=1S/C11H16N2O3S/c1-7-3-4-8(2)11(10(7)12)17(15,16)13-5-9(14)6-13/h3-4,9,14H,5-6,12H2,1-2H3. The van der Waals surface area contributed by atoms with Gasteiger partial charge in [-0.1, -0.05) is 12.1 Å². The number of aliphatic hydroxyl groups is 1. The number of nitrogens with zero attached hydrogens (tertiary/aromatic N) is 1. The first-order valence-corrected chi connectivity index (χ1v) is 6.82. The van der Waals surface area contributed by atoms with E-state index in [1.54, 1.807) is 26.0 Å². The molecule has 94 valence electrons. The normalized spacial score (nSPS) is 18.1. The quantitative estimate of drug-likeness (QED) is 0.743. The average Bonchev–Trinajstić information content (AvgIpc) is 2.19. The number of nitrogen functional groups attached to an aromatic ring is 1. The van der Waals surface area contributed by atoms with E-state index in [9.17, 15) is 13.5 Å². The molecular formula is C11H16N2O3S. The number of hydrogen-bond donors (Lipinski definition) is 2. The van der Waals surface area contributed by atoms with Crippen LogP contribution in [0.1, 0.15) is 11.1 Å². The van der Waals surface area contributed by atoms with Crippen molar-refractivity contribution >= 4 is 15.7 Å². The molecule has 5 nitrogen and oxygen atoms in total. The van der Waals surface area contributed by atoms with Crippen LogP contribution in [-0.2, 0) is 10.0 Å². The van der Waals surface area contributed by atoms with Crippen molar-refractivity contribution in [3.8, 4) is 0 Å². The van der Waals surface area contributed by atoms with Gasteiger partial charge in [0.1, 0.15) is 4.90 Å². The molecule has 0 radical (unpaired) electrons. The van der Waals surface area contributed by atoms with Gasteiger partial charge in [0.05, 0.1) is 11.8 Å². The van der Waals surface area contributed by atoms with Gasteiger partial charge in [-0.2, -0.15) is 4.31 Å². The van der Waals surface area contributed by atoms with Crippen molar-refractivity contribution < 1.29 is 13.5 Å². The van der Waals surface area contributed by atoms with Crippen LogP contribution in [0.4, 0.5) is 5.69 Å². The summed E-state index contributed by atoms with van der Waals surface area (Å²) in [4.78, 5) is 0.171. The third-order valence-electron chi connectivity index (χ3n) is 3.04. The number of sulfonamides is 1. The summed E-state index contributed by atoms with van der Waals surface area (Å²) >= 11 is 0. The van der Waals surface area contributed by atoms with Crippen molar-refractivity contribution in [2.75, 3.05) is 18.8 Å². The Hall–Kier alpha value is -1.11. The van der Waals surface area contributed by atoms with Gasteiger partial charge in [0, 0.05) is 13.1 Å². The molecule has 1 aliphatic heterocycles. The second kappa shape index (κ2) is 3.97. The molecule has 0 amide bonds. The van der Waals surface area contributed by atoms with Crippen LogP contribution in [0.2, 0.25) is 0 Å². The first-order valence-electron chi connectivity index (χ1n) is 5.38. The van der Waals surface area contributed by atoms with E-state index in [0.717, 1.165) is 5.56 Å². The fourth-order valence-corrected chi connectivity index (χ4v) is 3.80. The summed E-state index contributed by atoms with van der Waals surface area (Å²) < 4.78 is 25.8. The van der Waals surface area contributed by atoms with Gasteiger partial charge in [0.15, 0.2) is 0 Å². The van der Waals surface area contributed by atoms with E-state index in [4.69, 9.17) is 5.73 Å². The SMILES string of the molecule is Cc1ccc(C)c(S(=O)(=O)N2CC(O)C2)c1N. The number of hydrogen-bond acceptors (Lipinski definition) is 4. The fraction of sp³-hybridized carbons (Fsp3) is 0.455. The Bertz CT molecular complexity index is 548. The van der Waals surface area contributed by atoms with Gasteiger partial charge >= 0.3 is 0 Å². The number of rotatable bonds is 2. The molecule has 3 N–H and O–H groups in total. The molecule has 0 aliphatic carbocycles. The lowest BCUT2D eigenvalue weighted by Gasteiger charge is -2.35. The van der Waals surface area contributed by atoms with Gasteiger partial charge in [-0.05, 0) is 25.0 Å². The Morgan fingerprint density at radius 3 is 2.35 bits per heavy atom. The molecule has 1 aliphatic rings.